The van der Waals surface area contributed by atoms with Crippen molar-refractivity contribution in [3.8, 4) is 39.1 Å². The van der Waals surface area contributed by atoms with E-state index in [1.807, 2.05) is 11.3 Å². The van der Waals surface area contributed by atoms with Crippen LogP contribution in [0.2, 0.25) is 0 Å². The molecule has 0 saturated heterocycles. The Kier molecular flexibility index (Phi) is 8.76. The molecule has 0 N–H and O–H groups in total. The number of aromatic nitrogens is 1. The monoisotopic (exact) mass is 884 g/mol. The minimum absolute atomic E-state index is 0.846. The summed E-state index contributed by atoms with van der Waals surface area (Å²) < 4.78 is 12.1. The normalized spacial score (nSPS) is 11.8. The van der Waals surface area contributed by atoms with Crippen LogP contribution in [-0.4, -0.2) is 4.57 Å². The van der Waals surface area contributed by atoms with E-state index in [1.165, 1.54) is 52.8 Å². The third kappa shape index (κ3) is 6.12. The second kappa shape index (κ2) is 15.5. The number of hydrogen-bond donors (Lipinski definition) is 0. The van der Waals surface area contributed by atoms with Gasteiger partial charge in [-0.2, -0.15) is 0 Å². The maximum atomic E-state index is 7.11. The minimum atomic E-state index is 0.846. The number of para-hydroxylation sites is 4. The van der Waals surface area contributed by atoms with Crippen molar-refractivity contribution < 1.29 is 4.42 Å². The Morgan fingerprint density at radius 1 is 0.368 bits per heavy atom. The first-order valence-corrected chi connectivity index (χ1v) is 24.0. The first-order chi connectivity index (χ1) is 33.7. The number of anilines is 3. The first-order valence-electron chi connectivity index (χ1n) is 23.2. The predicted molar refractivity (Wildman–Crippen MR) is 289 cm³/mol. The molecule has 0 atom stereocenters. The summed E-state index contributed by atoms with van der Waals surface area (Å²) in [5.41, 5.74) is 14.9. The Balaban J connectivity index is 1.05. The van der Waals surface area contributed by atoms with Crippen LogP contribution in [0.4, 0.5) is 17.1 Å². The molecule has 4 heteroatoms. The topological polar surface area (TPSA) is 21.3 Å². The molecule has 3 aromatic heterocycles. The van der Waals surface area contributed by atoms with Crippen molar-refractivity contribution in [1.82, 2.24) is 4.57 Å². The van der Waals surface area contributed by atoms with Gasteiger partial charge in [0, 0.05) is 58.7 Å². The van der Waals surface area contributed by atoms with E-state index in [9.17, 15) is 0 Å². The van der Waals surface area contributed by atoms with Crippen LogP contribution in [0.15, 0.2) is 247 Å². The molecule has 318 valence electrons. The van der Waals surface area contributed by atoms with E-state index in [4.69, 9.17) is 4.42 Å². The molecule has 14 aromatic rings. The van der Waals surface area contributed by atoms with Gasteiger partial charge in [-0.15, -0.1) is 11.3 Å². The highest BCUT2D eigenvalue weighted by molar-refractivity contribution is 7.25. The van der Waals surface area contributed by atoms with Gasteiger partial charge < -0.3 is 13.9 Å². The van der Waals surface area contributed by atoms with Gasteiger partial charge in [0.05, 0.1) is 28.0 Å². The molecule has 11 aromatic carbocycles. The van der Waals surface area contributed by atoms with E-state index < -0.39 is 0 Å². The molecule has 0 aliphatic carbocycles. The van der Waals surface area contributed by atoms with Gasteiger partial charge in [-0.05, 0) is 118 Å². The SMILES string of the molecule is c1cc(-c2ccc3ccccc3c2)cc(N(c2cccc(-c3ccc4sc5ccccc5c4c3)c2)c2ccc3c(oc4ccccc43)c2-c2ccccc2-n2c3ccccc3c3ccccc32)c1. The Morgan fingerprint density at radius 3 is 1.74 bits per heavy atom. The first kappa shape index (κ1) is 38.6. The molecule has 0 amide bonds. The van der Waals surface area contributed by atoms with E-state index >= 15 is 0 Å². The van der Waals surface area contributed by atoms with Crippen molar-refractivity contribution in [1.29, 1.82) is 0 Å². The van der Waals surface area contributed by atoms with Crippen LogP contribution in [-0.2, 0) is 0 Å². The summed E-state index contributed by atoms with van der Waals surface area (Å²) in [4.78, 5) is 2.44. The maximum absolute atomic E-state index is 7.11. The Morgan fingerprint density at radius 2 is 0.956 bits per heavy atom. The van der Waals surface area contributed by atoms with E-state index in [2.05, 4.69) is 252 Å². The van der Waals surface area contributed by atoms with E-state index in [-0.39, 0.29) is 0 Å². The highest BCUT2D eigenvalue weighted by Gasteiger charge is 2.26. The molecular weight excluding hydrogens is 845 g/mol. The van der Waals surface area contributed by atoms with Crippen molar-refractivity contribution in [3.05, 3.63) is 243 Å². The van der Waals surface area contributed by atoms with Crippen molar-refractivity contribution in [3.63, 3.8) is 0 Å². The Bertz CT molecular complexity index is 4250. The number of nitrogens with zero attached hydrogens (tertiary/aromatic N) is 2. The summed E-state index contributed by atoms with van der Waals surface area (Å²) in [6.45, 7) is 0. The van der Waals surface area contributed by atoms with Gasteiger partial charge in [0.25, 0.3) is 0 Å². The number of thiophene rings is 1. The van der Waals surface area contributed by atoms with E-state index in [0.717, 1.165) is 78.0 Å². The third-order valence-corrected chi connectivity index (χ3v) is 14.9. The number of benzene rings is 11. The zero-order chi connectivity index (χ0) is 44.7. The van der Waals surface area contributed by atoms with Gasteiger partial charge >= 0.3 is 0 Å². The van der Waals surface area contributed by atoms with Crippen molar-refractivity contribution in [2.75, 3.05) is 4.90 Å². The zero-order valence-corrected chi connectivity index (χ0v) is 37.6. The summed E-state index contributed by atoms with van der Waals surface area (Å²) >= 11 is 1.85. The largest absolute Gasteiger partial charge is 0.455 e. The van der Waals surface area contributed by atoms with Gasteiger partial charge in [-0.3, -0.25) is 0 Å². The lowest BCUT2D eigenvalue weighted by Crippen LogP contribution is -2.12. The third-order valence-electron chi connectivity index (χ3n) is 13.8. The summed E-state index contributed by atoms with van der Waals surface area (Å²) in [5, 5.41) is 9.63. The molecule has 14 rings (SSSR count). The lowest BCUT2D eigenvalue weighted by Gasteiger charge is -2.29. The second-order valence-electron chi connectivity index (χ2n) is 17.6. The average Bonchev–Trinajstić information content (AvgIpc) is 4.08. The smallest absolute Gasteiger partial charge is 0.145 e. The van der Waals surface area contributed by atoms with Crippen LogP contribution >= 0.6 is 11.3 Å². The highest BCUT2D eigenvalue weighted by atomic mass is 32.1. The van der Waals surface area contributed by atoms with E-state index in [0.29, 0.717) is 0 Å². The quantitative estimate of drug-likeness (QED) is 0.159. The molecule has 0 spiro atoms. The molecule has 68 heavy (non-hydrogen) atoms. The maximum Gasteiger partial charge on any atom is 0.145 e. The fourth-order valence-corrected chi connectivity index (χ4v) is 11.7. The van der Waals surface area contributed by atoms with Gasteiger partial charge in [-0.25, -0.2) is 0 Å². The Labute approximate surface area is 396 Å². The summed E-state index contributed by atoms with van der Waals surface area (Å²) in [6, 6.07) is 88.4. The molecule has 0 unspecified atom stereocenters. The van der Waals surface area contributed by atoms with Crippen LogP contribution in [0.1, 0.15) is 0 Å². The van der Waals surface area contributed by atoms with E-state index in [1.54, 1.807) is 0 Å². The Hall–Kier alpha value is -8.70. The predicted octanol–water partition coefficient (Wildman–Crippen LogP) is 18.7. The van der Waals surface area contributed by atoms with Crippen LogP contribution in [0, 0.1) is 0 Å². The van der Waals surface area contributed by atoms with Crippen LogP contribution < -0.4 is 4.90 Å². The van der Waals surface area contributed by atoms with Gasteiger partial charge in [-0.1, -0.05) is 158 Å². The van der Waals surface area contributed by atoms with Crippen LogP contribution in [0.3, 0.4) is 0 Å². The van der Waals surface area contributed by atoms with Crippen LogP contribution in [0.25, 0.3) is 114 Å². The standard InChI is InChI=1S/C64H40N2OS/c1-2-16-42-37-45(32-31-41(42)15-1)43-17-13-19-47(38-43)65(48-20-14-18-44(39-48)46-33-36-62-55(40-46)52-24-7-12-30-61(52)68-62)59-35-34-53-51-23-6-11-29-60(51)67-64(53)63(59)54-25-5-10-28-58(54)66-56-26-8-3-21-49(56)50-22-4-9-27-57(50)66/h1-40H. The molecule has 0 aliphatic heterocycles. The van der Waals surface area contributed by atoms with Crippen molar-refractivity contribution >= 4 is 103 Å². The molecule has 3 nitrogen and oxygen atoms in total. The minimum Gasteiger partial charge on any atom is -0.455 e. The van der Waals surface area contributed by atoms with Gasteiger partial charge in [0.15, 0.2) is 0 Å². The molecule has 0 aliphatic rings. The molecule has 0 radical (unpaired) electrons. The summed E-state index contributed by atoms with van der Waals surface area (Å²) in [7, 11) is 0. The second-order valence-corrected chi connectivity index (χ2v) is 18.7. The average molecular weight is 885 g/mol. The summed E-state index contributed by atoms with van der Waals surface area (Å²) in [5.74, 6) is 0. The number of fused-ring (bicyclic) bond motifs is 10. The lowest BCUT2D eigenvalue weighted by molar-refractivity contribution is 0.670. The zero-order valence-electron chi connectivity index (χ0n) is 36.8. The number of furan rings is 1. The van der Waals surface area contributed by atoms with Crippen LogP contribution in [0.5, 0.6) is 0 Å². The molecular formula is C64H40N2OS. The fraction of sp³-hybridized carbons (Fsp3) is 0. The molecule has 0 saturated carbocycles. The molecule has 3 heterocycles. The van der Waals surface area contributed by atoms with Gasteiger partial charge in [0.2, 0.25) is 0 Å². The highest BCUT2D eigenvalue weighted by Crippen LogP contribution is 2.50. The van der Waals surface area contributed by atoms with Crippen molar-refractivity contribution in [2.45, 2.75) is 0 Å². The number of rotatable bonds is 7. The molecule has 0 fully saturated rings. The molecule has 0 bridgehead atoms. The lowest BCUT2D eigenvalue weighted by atomic mass is 9.96. The fourth-order valence-electron chi connectivity index (χ4n) is 10.6. The van der Waals surface area contributed by atoms with Gasteiger partial charge in [0.1, 0.15) is 11.2 Å². The summed E-state index contributed by atoms with van der Waals surface area (Å²) in [6.07, 6.45) is 0. The number of hydrogen-bond acceptors (Lipinski definition) is 3. The van der Waals surface area contributed by atoms with Crippen molar-refractivity contribution in [2.24, 2.45) is 0 Å².